The Hall–Kier alpha value is -9.59. The maximum absolute atomic E-state index is 6.66. The fraction of sp³-hybridized carbons (Fsp3) is 0. The fourth-order valence-corrected chi connectivity index (χ4v) is 12.1. The molecule has 0 saturated heterocycles. The molecule has 0 radical (unpaired) electrons. The summed E-state index contributed by atoms with van der Waals surface area (Å²) >= 11 is 0. The predicted molar refractivity (Wildman–Crippen MR) is 287 cm³/mol. The minimum absolute atomic E-state index is 0.839. The van der Waals surface area contributed by atoms with E-state index in [1.807, 2.05) is 36.5 Å². The summed E-state index contributed by atoms with van der Waals surface area (Å²) in [4.78, 5) is 5.31. The van der Waals surface area contributed by atoms with E-state index in [9.17, 15) is 0 Å². The van der Waals surface area contributed by atoms with Crippen LogP contribution in [-0.4, -0.2) is 18.7 Å². The zero-order valence-corrected chi connectivity index (χ0v) is 37.1. The van der Waals surface area contributed by atoms with E-state index < -0.39 is 0 Å². The van der Waals surface area contributed by atoms with Crippen molar-refractivity contribution in [3.63, 3.8) is 0 Å². The summed E-state index contributed by atoms with van der Waals surface area (Å²) in [6.07, 6.45) is 1.96. The van der Waals surface area contributed by atoms with Crippen LogP contribution in [0.1, 0.15) is 0 Å². The molecule has 0 bridgehead atoms. The van der Waals surface area contributed by atoms with Crippen molar-refractivity contribution in [2.75, 3.05) is 0 Å². The van der Waals surface area contributed by atoms with Crippen molar-refractivity contribution in [1.82, 2.24) is 18.7 Å². The Kier molecular flexibility index (Phi) is 6.83. The Morgan fingerprint density at radius 2 is 0.657 bits per heavy atom. The van der Waals surface area contributed by atoms with Crippen molar-refractivity contribution >= 4 is 142 Å². The second kappa shape index (κ2) is 13.1. The van der Waals surface area contributed by atoms with Gasteiger partial charge in [0.05, 0.1) is 55.7 Å². The Labute approximate surface area is 395 Å². The molecule has 7 nitrogen and oxygen atoms in total. The molecule has 324 valence electrons. The van der Waals surface area contributed by atoms with Gasteiger partial charge in [0, 0.05) is 94.4 Å². The van der Waals surface area contributed by atoms with Crippen molar-refractivity contribution in [2.24, 2.45) is 0 Å². The van der Waals surface area contributed by atoms with E-state index in [2.05, 4.69) is 184 Å². The predicted octanol–water partition coefficient (Wildman–Crippen LogP) is 17.2. The quantitative estimate of drug-likeness (QED) is 0.177. The summed E-state index contributed by atoms with van der Waals surface area (Å²) < 4.78 is 27.1. The maximum Gasteiger partial charge on any atom is 0.137 e. The number of nitrogens with zero attached hydrogens (tertiary/aromatic N) is 4. The zero-order valence-electron chi connectivity index (χ0n) is 37.1. The molecule has 10 aromatic carbocycles. The standard InChI is InChI=1S/C63H34N4O3/c1-7-19-49-36(13-1)42-29-45-39-16-4-10-22-57(39)68-60(45)32-53(42)65(49)35-27-48-63(56(28-35)67-51-21-9-3-15-38(51)44-31-47-41-18-6-12-24-59(41)70-62(47)34-55(44)67)52(25-26-64-48)66-50-20-8-2-14-37(50)43-30-46-40-17-5-11-23-58(40)69-61(46)33-54(43)66/h1-34H. The van der Waals surface area contributed by atoms with Crippen LogP contribution < -0.4 is 0 Å². The molecule has 17 rings (SSSR count). The number of fused-ring (bicyclic) bond motifs is 19. The summed E-state index contributed by atoms with van der Waals surface area (Å²) in [5.74, 6) is 0. The average Bonchev–Trinajstić information content (AvgIpc) is 4.25. The van der Waals surface area contributed by atoms with Crippen LogP contribution in [0.25, 0.3) is 159 Å². The van der Waals surface area contributed by atoms with E-state index in [1.165, 1.54) is 10.8 Å². The molecule has 7 heterocycles. The summed E-state index contributed by atoms with van der Waals surface area (Å²) in [6, 6.07) is 71.5. The molecule has 0 aliphatic rings. The van der Waals surface area contributed by atoms with Gasteiger partial charge in [-0.2, -0.15) is 0 Å². The van der Waals surface area contributed by atoms with Gasteiger partial charge in [-0.05, 0) is 72.8 Å². The third-order valence-electron chi connectivity index (χ3n) is 15.0. The van der Waals surface area contributed by atoms with E-state index in [0.29, 0.717) is 0 Å². The lowest BCUT2D eigenvalue weighted by Crippen LogP contribution is -2.04. The topological polar surface area (TPSA) is 67.1 Å². The second-order valence-electron chi connectivity index (χ2n) is 18.6. The third kappa shape index (κ3) is 4.70. The fourth-order valence-electron chi connectivity index (χ4n) is 12.1. The minimum Gasteiger partial charge on any atom is -0.456 e. The van der Waals surface area contributed by atoms with Crippen LogP contribution >= 0.6 is 0 Å². The van der Waals surface area contributed by atoms with Crippen LogP contribution in [0.4, 0.5) is 0 Å². The summed E-state index contributed by atoms with van der Waals surface area (Å²) in [5.41, 5.74) is 15.4. The first-order valence-corrected chi connectivity index (χ1v) is 23.7. The first-order valence-electron chi connectivity index (χ1n) is 23.7. The highest BCUT2D eigenvalue weighted by atomic mass is 16.3. The number of rotatable bonds is 3. The molecule has 0 fully saturated rings. The van der Waals surface area contributed by atoms with Crippen molar-refractivity contribution in [2.45, 2.75) is 0 Å². The van der Waals surface area contributed by atoms with Gasteiger partial charge in [-0.15, -0.1) is 0 Å². The monoisotopic (exact) mass is 894 g/mol. The molecule has 0 spiro atoms. The van der Waals surface area contributed by atoms with Crippen LogP contribution in [0.2, 0.25) is 0 Å². The van der Waals surface area contributed by atoms with Gasteiger partial charge in [0.1, 0.15) is 33.5 Å². The molecule has 0 atom stereocenters. The summed E-state index contributed by atoms with van der Waals surface area (Å²) in [5, 5.41) is 14.6. The van der Waals surface area contributed by atoms with E-state index in [1.54, 1.807) is 0 Å². The normalized spacial score (nSPS) is 12.6. The van der Waals surface area contributed by atoms with Crippen molar-refractivity contribution in [3.8, 4) is 17.1 Å². The van der Waals surface area contributed by atoms with Gasteiger partial charge >= 0.3 is 0 Å². The molecule has 0 aliphatic heterocycles. The molecule has 0 saturated carbocycles. The van der Waals surface area contributed by atoms with Gasteiger partial charge in [0.15, 0.2) is 0 Å². The molecule has 17 aromatic rings. The number of para-hydroxylation sites is 6. The number of aromatic nitrogens is 4. The lowest BCUT2D eigenvalue weighted by molar-refractivity contribution is 0.669. The van der Waals surface area contributed by atoms with Crippen molar-refractivity contribution in [3.05, 3.63) is 206 Å². The van der Waals surface area contributed by atoms with Gasteiger partial charge < -0.3 is 27.0 Å². The Bertz CT molecular complexity index is 5150. The lowest BCUT2D eigenvalue weighted by atomic mass is 10.1. The molecule has 0 N–H and O–H groups in total. The molecule has 0 unspecified atom stereocenters. The molecule has 7 aromatic heterocycles. The van der Waals surface area contributed by atoms with Gasteiger partial charge in [-0.3, -0.25) is 4.98 Å². The molecule has 0 aliphatic carbocycles. The van der Waals surface area contributed by atoms with E-state index >= 15 is 0 Å². The van der Waals surface area contributed by atoms with Crippen molar-refractivity contribution in [1.29, 1.82) is 0 Å². The largest absolute Gasteiger partial charge is 0.456 e. The van der Waals surface area contributed by atoms with E-state index in [4.69, 9.17) is 18.2 Å². The van der Waals surface area contributed by atoms with Crippen LogP contribution in [0.15, 0.2) is 220 Å². The first kappa shape index (κ1) is 36.5. The van der Waals surface area contributed by atoms with Gasteiger partial charge in [0.2, 0.25) is 0 Å². The molecule has 0 amide bonds. The second-order valence-corrected chi connectivity index (χ2v) is 18.6. The highest BCUT2D eigenvalue weighted by molar-refractivity contribution is 6.21. The summed E-state index contributed by atoms with van der Waals surface area (Å²) in [7, 11) is 0. The van der Waals surface area contributed by atoms with Gasteiger partial charge in [-0.25, -0.2) is 0 Å². The minimum atomic E-state index is 0.839. The molecule has 70 heavy (non-hydrogen) atoms. The number of benzene rings is 10. The van der Waals surface area contributed by atoms with E-state index in [0.717, 1.165) is 148 Å². The Morgan fingerprint density at radius 3 is 1.13 bits per heavy atom. The maximum atomic E-state index is 6.66. The number of hydrogen-bond acceptors (Lipinski definition) is 4. The highest BCUT2D eigenvalue weighted by Crippen LogP contribution is 2.45. The van der Waals surface area contributed by atoms with Crippen LogP contribution in [0, 0.1) is 0 Å². The Balaban J connectivity index is 1.04. The van der Waals surface area contributed by atoms with Crippen LogP contribution in [0.5, 0.6) is 0 Å². The number of furan rings is 3. The van der Waals surface area contributed by atoms with Crippen LogP contribution in [0.3, 0.4) is 0 Å². The molecular weight excluding hydrogens is 861 g/mol. The van der Waals surface area contributed by atoms with Crippen LogP contribution in [-0.2, 0) is 0 Å². The van der Waals surface area contributed by atoms with Gasteiger partial charge in [-0.1, -0.05) is 109 Å². The average molecular weight is 895 g/mol. The first-order chi connectivity index (χ1) is 34.7. The third-order valence-corrected chi connectivity index (χ3v) is 15.0. The number of hydrogen-bond donors (Lipinski definition) is 0. The molecule has 7 heteroatoms. The van der Waals surface area contributed by atoms with Gasteiger partial charge in [0.25, 0.3) is 0 Å². The lowest BCUT2D eigenvalue weighted by Gasteiger charge is -2.19. The number of pyridine rings is 1. The van der Waals surface area contributed by atoms with Crippen molar-refractivity contribution < 1.29 is 13.3 Å². The molecular formula is C63H34N4O3. The smallest absolute Gasteiger partial charge is 0.137 e. The van der Waals surface area contributed by atoms with E-state index in [-0.39, 0.29) is 0 Å². The summed E-state index contributed by atoms with van der Waals surface area (Å²) in [6.45, 7) is 0. The zero-order chi connectivity index (χ0) is 45.3. The Morgan fingerprint density at radius 1 is 0.271 bits per heavy atom. The SMILES string of the molecule is c1ccc2c(c1)oc1cc3c(cc12)c1ccccc1n3-c1cc(-n2c3ccccc3c3cc4c(cc32)oc2ccccc24)c2c(-n3c4ccccc4c4cc5c(cc43)oc3ccccc35)ccnc2c1. The highest BCUT2D eigenvalue weighted by Gasteiger charge is 2.25.